The number of aromatic nitrogens is 3. The third-order valence-electron chi connectivity index (χ3n) is 7.70. The van der Waals surface area contributed by atoms with Crippen LogP contribution in [0, 0.1) is 12.4 Å². The molecule has 1 aromatic carbocycles. The Morgan fingerprint density at radius 2 is 1.80 bits per heavy atom. The SMILES string of the molecule is [C-]#[N+]c1ccc2c(n1)c(N1C[C@@H](C)N(C(c3ccc(F)cc3)c3cccc(C(F)(F)F)n3)C[C@@H]1CC)cc(=O)n2C. The summed E-state index contributed by atoms with van der Waals surface area (Å²) in [5.41, 5.74) is 1.37. The molecule has 1 saturated heterocycles. The summed E-state index contributed by atoms with van der Waals surface area (Å²) in [4.78, 5) is 29.1. The molecule has 212 valence electrons. The minimum absolute atomic E-state index is 0.145. The predicted molar refractivity (Wildman–Crippen MR) is 148 cm³/mol. The van der Waals surface area contributed by atoms with Crippen molar-refractivity contribution in [1.29, 1.82) is 0 Å². The summed E-state index contributed by atoms with van der Waals surface area (Å²) in [6.07, 6.45) is -3.95. The first-order chi connectivity index (χ1) is 19.5. The maximum absolute atomic E-state index is 13.9. The van der Waals surface area contributed by atoms with E-state index in [1.54, 1.807) is 37.4 Å². The van der Waals surface area contributed by atoms with Crippen molar-refractivity contribution in [3.05, 3.63) is 105 Å². The number of alkyl halides is 3. The lowest BCUT2D eigenvalue weighted by Crippen LogP contribution is -2.58. The Bertz CT molecular complexity index is 1680. The van der Waals surface area contributed by atoms with Gasteiger partial charge in [-0.2, -0.15) is 13.2 Å². The molecule has 0 bridgehead atoms. The van der Waals surface area contributed by atoms with Gasteiger partial charge in [0.05, 0.1) is 22.9 Å². The third-order valence-corrected chi connectivity index (χ3v) is 7.70. The molecule has 1 aliphatic rings. The van der Waals surface area contributed by atoms with Crippen LogP contribution in [0.3, 0.4) is 0 Å². The highest BCUT2D eigenvalue weighted by Gasteiger charge is 2.39. The minimum Gasteiger partial charge on any atom is -0.362 e. The van der Waals surface area contributed by atoms with Gasteiger partial charge in [-0.3, -0.25) is 9.69 Å². The molecule has 0 N–H and O–H groups in total. The number of aryl methyl sites for hydroxylation is 1. The fraction of sp³-hybridized carbons (Fsp3) is 0.333. The number of pyridine rings is 3. The number of hydrogen-bond donors (Lipinski definition) is 0. The van der Waals surface area contributed by atoms with Crippen LogP contribution in [0.15, 0.2) is 65.5 Å². The molecule has 1 unspecified atom stereocenters. The molecule has 1 fully saturated rings. The molecule has 41 heavy (non-hydrogen) atoms. The fourth-order valence-electron chi connectivity index (χ4n) is 5.59. The van der Waals surface area contributed by atoms with Crippen LogP contribution in [0.5, 0.6) is 0 Å². The van der Waals surface area contributed by atoms with Gasteiger partial charge in [-0.15, -0.1) is 4.98 Å². The van der Waals surface area contributed by atoms with Crippen LogP contribution < -0.4 is 10.5 Å². The zero-order chi connectivity index (χ0) is 29.5. The number of anilines is 1. The smallest absolute Gasteiger partial charge is 0.362 e. The van der Waals surface area contributed by atoms with E-state index in [4.69, 9.17) is 6.57 Å². The summed E-state index contributed by atoms with van der Waals surface area (Å²) in [5, 5.41) is 0. The second-order valence-corrected chi connectivity index (χ2v) is 10.2. The van der Waals surface area contributed by atoms with Gasteiger partial charge in [0, 0.05) is 38.3 Å². The summed E-state index contributed by atoms with van der Waals surface area (Å²) in [6.45, 7) is 12.2. The second-order valence-electron chi connectivity index (χ2n) is 10.2. The topological polar surface area (TPSA) is 58.6 Å². The van der Waals surface area contributed by atoms with Crippen molar-refractivity contribution in [3.63, 3.8) is 0 Å². The van der Waals surface area contributed by atoms with Gasteiger partial charge in [0.1, 0.15) is 11.5 Å². The van der Waals surface area contributed by atoms with Crippen molar-refractivity contribution in [1.82, 2.24) is 19.4 Å². The number of halogens is 4. The largest absolute Gasteiger partial charge is 0.433 e. The predicted octanol–water partition coefficient (Wildman–Crippen LogP) is 6.12. The number of fused-ring (bicyclic) bond motifs is 1. The van der Waals surface area contributed by atoms with Gasteiger partial charge in [-0.25, -0.2) is 9.37 Å². The van der Waals surface area contributed by atoms with E-state index in [1.807, 2.05) is 13.8 Å². The van der Waals surface area contributed by atoms with Crippen LogP contribution in [0.25, 0.3) is 15.9 Å². The first-order valence-corrected chi connectivity index (χ1v) is 13.2. The van der Waals surface area contributed by atoms with Crippen molar-refractivity contribution in [2.45, 2.75) is 44.6 Å². The van der Waals surface area contributed by atoms with Crippen molar-refractivity contribution < 1.29 is 17.6 Å². The maximum Gasteiger partial charge on any atom is 0.433 e. The first kappa shape index (κ1) is 28.2. The van der Waals surface area contributed by atoms with Gasteiger partial charge in [0.2, 0.25) is 5.52 Å². The molecule has 4 heterocycles. The van der Waals surface area contributed by atoms with Crippen molar-refractivity contribution in [2.24, 2.45) is 7.05 Å². The normalized spacial score (nSPS) is 18.8. The van der Waals surface area contributed by atoms with Crippen molar-refractivity contribution in [3.8, 4) is 0 Å². The summed E-state index contributed by atoms with van der Waals surface area (Å²) in [5.74, 6) is -0.234. The maximum atomic E-state index is 13.9. The molecule has 0 saturated carbocycles. The minimum atomic E-state index is -4.61. The van der Waals surface area contributed by atoms with E-state index in [1.165, 1.54) is 28.8 Å². The van der Waals surface area contributed by atoms with Crippen LogP contribution in [0.4, 0.5) is 29.1 Å². The summed E-state index contributed by atoms with van der Waals surface area (Å²) < 4.78 is 56.2. The lowest BCUT2D eigenvalue weighted by molar-refractivity contribution is -0.141. The molecular weight excluding hydrogens is 536 g/mol. The van der Waals surface area contributed by atoms with Crippen molar-refractivity contribution >= 4 is 22.5 Å². The Morgan fingerprint density at radius 3 is 2.46 bits per heavy atom. The van der Waals surface area contributed by atoms with Gasteiger partial charge in [0.25, 0.3) is 11.4 Å². The average molecular weight is 565 g/mol. The third kappa shape index (κ3) is 5.39. The first-order valence-electron chi connectivity index (χ1n) is 13.2. The molecule has 1 aliphatic heterocycles. The molecular formula is C30H28F4N6O. The van der Waals surface area contributed by atoms with E-state index < -0.39 is 23.7 Å². The van der Waals surface area contributed by atoms with Crippen LogP contribution in [0.1, 0.15) is 43.3 Å². The molecule has 0 radical (unpaired) electrons. The number of benzene rings is 1. The van der Waals surface area contributed by atoms with Gasteiger partial charge >= 0.3 is 6.18 Å². The molecule has 4 aromatic rings. The lowest BCUT2D eigenvalue weighted by atomic mass is 9.95. The Morgan fingerprint density at radius 1 is 1.07 bits per heavy atom. The summed E-state index contributed by atoms with van der Waals surface area (Å²) in [6, 6.07) is 13.4. The van der Waals surface area contributed by atoms with Crippen molar-refractivity contribution in [2.75, 3.05) is 18.0 Å². The van der Waals surface area contributed by atoms with Crippen LogP contribution in [-0.4, -0.2) is 44.6 Å². The molecule has 7 nitrogen and oxygen atoms in total. The van der Waals surface area contributed by atoms with E-state index in [0.29, 0.717) is 41.8 Å². The van der Waals surface area contributed by atoms with Gasteiger partial charge < -0.3 is 14.3 Å². The highest BCUT2D eigenvalue weighted by molar-refractivity contribution is 5.89. The lowest BCUT2D eigenvalue weighted by Gasteiger charge is -2.49. The van der Waals surface area contributed by atoms with Gasteiger partial charge in [-0.05, 0) is 55.3 Å². The standard InChI is InChI=1S/C30H28F4N6O/c1-5-21-17-39(29(19-9-11-20(31)12-10-19)22-7-6-8-25(36-22)30(32,33)34)18(2)16-40(21)24-15-27(41)38(4)23-13-14-26(35-3)37-28(23)24/h6-15,18,21,29H,5,16-17H2,1-2,4H3/t18-,21+,29?/m1/s1. The molecule has 11 heteroatoms. The van der Waals surface area contributed by atoms with E-state index >= 15 is 0 Å². The molecule has 0 aliphatic carbocycles. The van der Waals surface area contributed by atoms with E-state index in [9.17, 15) is 22.4 Å². The van der Waals surface area contributed by atoms with Crippen LogP contribution >= 0.6 is 0 Å². The van der Waals surface area contributed by atoms with Crippen LogP contribution in [0.2, 0.25) is 0 Å². The monoisotopic (exact) mass is 564 g/mol. The number of rotatable bonds is 5. The number of piperazine rings is 1. The highest BCUT2D eigenvalue weighted by atomic mass is 19.4. The van der Waals surface area contributed by atoms with E-state index in [0.717, 1.165) is 6.07 Å². The van der Waals surface area contributed by atoms with Crippen LogP contribution in [-0.2, 0) is 13.2 Å². The highest BCUT2D eigenvalue weighted by Crippen LogP contribution is 2.37. The molecule has 3 atom stereocenters. The Hall–Kier alpha value is -4.30. The second kappa shape index (κ2) is 10.9. The molecule has 0 amide bonds. The average Bonchev–Trinajstić information content (AvgIpc) is 2.96. The fourth-order valence-corrected chi connectivity index (χ4v) is 5.59. The zero-order valence-electron chi connectivity index (χ0n) is 22.7. The molecule has 0 spiro atoms. The number of nitrogens with zero attached hydrogens (tertiary/aromatic N) is 6. The quantitative estimate of drug-likeness (QED) is 0.216. The zero-order valence-corrected chi connectivity index (χ0v) is 22.7. The van der Waals surface area contributed by atoms with E-state index in [-0.39, 0.29) is 29.2 Å². The Balaban J connectivity index is 1.60. The summed E-state index contributed by atoms with van der Waals surface area (Å²) in [7, 11) is 1.65. The summed E-state index contributed by atoms with van der Waals surface area (Å²) >= 11 is 0. The number of hydrogen-bond acceptors (Lipinski definition) is 5. The molecule has 5 rings (SSSR count). The van der Waals surface area contributed by atoms with Gasteiger partial charge in [0.15, 0.2) is 0 Å². The molecule has 3 aromatic heterocycles. The Kier molecular flexibility index (Phi) is 7.53. The van der Waals surface area contributed by atoms with E-state index in [2.05, 4.69) is 24.6 Å². The van der Waals surface area contributed by atoms with Gasteiger partial charge in [-0.1, -0.05) is 31.7 Å². The Labute approximate surface area is 234 Å².